The molecule has 4 rings (SSSR count). The quantitative estimate of drug-likeness (QED) is 0.746. The fourth-order valence-electron chi connectivity index (χ4n) is 3.32. The van der Waals surface area contributed by atoms with Crippen molar-refractivity contribution in [1.82, 2.24) is 14.5 Å². The van der Waals surface area contributed by atoms with Gasteiger partial charge in [0.25, 0.3) is 5.91 Å². The number of carbonyl (C=O) groups is 1. The number of aromatic nitrogens is 3. The lowest BCUT2D eigenvalue weighted by molar-refractivity contribution is 0.102. The molecule has 0 fully saturated rings. The molecule has 5 nitrogen and oxygen atoms in total. The van der Waals surface area contributed by atoms with Gasteiger partial charge in [-0.25, -0.2) is 13.8 Å². The molecular formula is C18H16F2N4O. The largest absolute Gasteiger partial charge is 0.364 e. The topological polar surface area (TPSA) is 62.7 Å². The smallest absolute Gasteiger partial charge is 0.258 e. The van der Waals surface area contributed by atoms with Crippen LogP contribution in [0.1, 0.15) is 29.9 Å². The molecule has 2 N–H and O–H groups in total. The van der Waals surface area contributed by atoms with Crippen LogP contribution in [0, 0.1) is 11.6 Å². The van der Waals surface area contributed by atoms with Gasteiger partial charge in [-0.2, -0.15) is 0 Å². The fraction of sp³-hybridized carbons (Fsp3) is 0.222. The Morgan fingerprint density at radius 1 is 1.36 bits per heavy atom. The number of nitrogens with one attached hydrogen (secondary N) is 2. The van der Waals surface area contributed by atoms with Crippen molar-refractivity contribution >= 4 is 11.6 Å². The Bertz CT molecular complexity index is 987. The molecule has 1 aliphatic heterocycles. The average molecular weight is 342 g/mol. The van der Waals surface area contributed by atoms with E-state index in [0.29, 0.717) is 23.4 Å². The van der Waals surface area contributed by atoms with Crippen molar-refractivity contribution in [3.8, 4) is 11.4 Å². The number of H-pyrrole nitrogens is 1. The lowest BCUT2D eigenvalue weighted by atomic mass is 9.90. The van der Waals surface area contributed by atoms with Crippen molar-refractivity contribution in [1.29, 1.82) is 0 Å². The molecule has 128 valence electrons. The third-order valence-corrected chi connectivity index (χ3v) is 4.51. The molecule has 2 aromatic heterocycles. The van der Waals surface area contributed by atoms with E-state index in [1.54, 1.807) is 12.4 Å². The van der Waals surface area contributed by atoms with Gasteiger partial charge in [0.2, 0.25) is 0 Å². The molecule has 0 radical (unpaired) electrons. The van der Waals surface area contributed by atoms with Crippen molar-refractivity contribution in [2.45, 2.75) is 25.8 Å². The highest BCUT2D eigenvalue weighted by atomic mass is 19.1. The number of benzene rings is 1. The highest BCUT2D eigenvalue weighted by molar-refractivity contribution is 6.09. The van der Waals surface area contributed by atoms with E-state index in [1.165, 1.54) is 6.07 Å². The number of fused-ring (bicyclic) bond motifs is 3. The number of nitrogens with zero attached hydrogens (tertiary/aromatic N) is 2. The Labute approximate surface area is 142 Å². The molecule has 0 unspecified atom stereocenters. The maximum Gasteiger partial charge on any atom is 0.258 e. The zero-order valence-electron chi connectivity index (χ0n) is 13.7. The minimum Gasteiger partial charge on any atom is -0.364 e. The predicted octanol–water partition coefficient (Wildman–Crippen LogP) is 3.70. The van der Waals surface area contributed by atoms with Gasteiger partial charge in [0.15, 0.2) is 0 Å². The Balaban J connectivity index is 1.73. The molecule has 3 aromatic rings. The van der Waals surface area contributed by atoms with Gasteiger partial charge in [0.1, 0.15) is 17.5 Å². The van der Waals surface area contributed by atoms with Crippen LogP contribution in [0.3, 0.4) is 0 Å². The number of hydrogen-bond donors (Lipinski definition) is 2. The van der Waals surface area contributed by atoms with Gasteiger partial charge >= 0.3 is 0 Å². The molecule has 0 bridgehead atoms. The van der Waals surface area contributed by atoms with Gasteiger partial charge in [0, 0.05) is 42.3 Å². The Kier molecular flexibility index (Phi) is 3.28. The second-order valence-corrected chi connectivity index (χ2v) is 6.74. The summed E-state index contributed by atoms with van der Waals surface area (Å²) in [4.78, 5) is 20.2. The van der Waals surface area contributed by atoms with Crippen LogP contribution in [-0.2, 0) is 12.0 Å². The molecule has 1 aliphatic rings. The highest BCUT2D eigenvalue weighted by Gasteiger charge is 2.34. The van der Waals surface area contributed by atoms with Gasteiger partial charge < -0.3 is 14.9 Å². The molecule has 0 saturated carbocycles. The first-order valence-corrected chi connectivity index (χ1v) is 7.88. The van der Waals surface area contributed by atoms with E-state index in [-0.39, 0.29) is 11.2 Å². The van der Waals surface area contributed by atoms with Crippen LogP contribution in [-0.4, -0.2) is 20.4 Å². The van der Waals surface area contributed by atoms with E-state index in [2.05, 4.69) is 29.1 Å². The number of rotatable bonds is 2. The van der Waals surface area contributed by atoms with E-state index < -0.39 is 17.5 Å². The van der Waals surface area contributed by atoms with Crippen LogP contribution in [0.4, 0.5) is 14.5 Å². The second kappa shape index (κ2) is 5.27. The molecular weight excluding hydrogens is 326 g/mol. The summed E-state index contributed by atoms with van der Waals surface area (Å²) in [6.07, 6.45) is 5.89. The van der Waals surface area contributed by atoms with Gasteiger partial charge in [-0.1, -0.05) is 0 Å². The van der Waals surface area contributed by atoms with Crippen LogP contribution in [0.5, 0.6) is 0 Å². The molecule has 3 heterocycles. The predicted molar refractivity (Wildman–Crippen MR) is 89.4 cm³/mol. The summed E-state index contributed by atoms with van der Waals surface area (Å²) in [7, 11) is 0. The number of halogens is 2. The van der Waals surface area contributed by atoms with E-state index in [4.69, 9.17) is 0 Å². The zero-order chi connectivity index (χ0) is 17.8. The molecule has 0 saturated heterocycles. The molecule has 1 aromatic carbocycles. The molecule has 25 heavy (non-hydrogen) atoms. The van der Waals surface area contributed by atoms with Gasteiger partial charge in [-0.3, -0.25) is 4.79 Å². The normalized spacial score (nSPS) is 14.7. The molecule has 0 aliphatic carbocycles. The van der Waals surface area contributed by atoms with Gasteiger partial charge in [-0.15, -0.1) is 0 Å². The summed E-state index contributed by atoms with van der Waals surface area (Å²) in [5, 5.41) is 2.50. The summed E-state index contributed by atoms with van der Waals surface area (Å²) in [6, 6.07) is 3.03. The third kappa shape index (κ3) is 2.43. The Morgan fingerprint density at radius 3 is 2.92 bits per heavy atom. The Hall–Kier alpha value is -2.96. The third-order valence-electron chi connectivity index (χ3n) is 4.51. The standard InChI is InChI=1S/C18H16F2N4O/c1-18(2)8-14-15(16-21-5-6-24(16)18)11(9-22-14)17(25)23-13-4-3-10(19)7-12(13)20/h3-7,9,22H,8H2,1-2H3,(H,23,25). The lowest BCUT2D eigenvalue weighted by Gasteiger charge is -2.32. The van der Waals surface area contributed by atoms with Crippen LogP contribution in [0.2, 0.25) is 0 Å². The molecule has 0 atom stereocenters. The first-order valence-electron chi connectivity index (χ1n) is 7.88. The first kappa shape index (κ1) is 15.6. The molecule has 1 amide bonds. The number of amides is 1. The van der Waals surface area contributed by atoms with Crippen molar-refractivity contribution in [2.24, 2.45) is 0 Å². The monoisotopic (exact) mass is 342 g/mol. The minimum atomic E-state index is -0.819. The van der Waals surface area contributed by atoms with E-state index in [9.17, 15) is 13.6 Å². The maximum atomic E-state index is 13.8. The summed E-state index contributed by atoms with van der Waals surface area (Å²) in [5.41, 5.74) is 1.76. The van der Waals surface area contributed by atoms with Crippen LogP contribution >= 0.6 is 0 Å². The summed E-state index contributed by atoms with van der Waals surface area (Å²) >= 11 is 0. The summed E-state index contributed by atoms with van der Waals surface area (Å²) in [6.45, 7) is 4.19. The van der Waals surface area contributed by atoms with Gasteiger partial charge in [-0.05, 0) is 26.0 Å². The van der Waals surface area contributed by atoms with Crippen molar-refractivity contribution in [3.05, 3.63) is 59.7 Å². The number of hydrogen-bond acceptors (Lipinski definition) is 2. The number of imidazole rings is 1. The van der Waals surface area contributed by atoms with Crippen molar-refractivity contribution in [3.63, 3.8) is 0 Å². The molecule has 7 heteroatoms. The van der Waals surface area contributed by atoms with E-state index in [0.717, 1.165) is 17.8 Å². The first-order chi connectivity index (χ1) is 11.9. The minimum absolute atomic E-state index is 0.0687. The lowest BCUT2D eigenvalue weighted by Crippen LogP contribution is -2.33. The number of carbonyl (C=O) groups excluding carboxylic acids is 1. The fourth-order valence-corrected chi connectivity index (χ4v) is 3.32. The van der Waals surface area contributed by atoms with Crippen LogP contribution in [0.25, 0.3) is 11.4 Å². The van der Waals surface area contributed by atoms with Crippen molar-refractivity contribution < 1.29 is 13.6 Å². The zero-order valence-corrected chi connectivity index (χ0v) is 13.7. The van der Waals surface area contributed by atoms with E-state index >= 15 is 0 Å². The van der Waals surface area contributed by atoms with E-state index in [1.807, 2.05) is 10.8 Å². The van der Waals surface area contributed by atoms with Crippen molar-refractivity contribution in [2.75, 3.05) is 5.32 Å². The van der Waals surface area contributed by atoms with Crippen LogP contribution < -0.4 is 5.32 Å². The highest BCUT2D eigenvalue weighted by Crippen LogP contribution is 2.38. The average Bonchev–Trinajstić information content (AvgIpc) is 3.16. The maximum absolute atomic E-state index is 13.8. The Morgan fingerprint density at radius 2 is 2.16 bits per heavy atom. The SMILES string of the molecule is CC1(C)Cc2[nH]cc(C(=O)Nc3ccc(F)cc3F)c2-c2nccn21. The summed E-state index contributed by atoms with van der Waals surface area (Å²) in [5.74, 6) is -1.30. The molecule has 0 spiro atoms. The second-order valence-electron chi connectivity index (χ2n) is 6.74. The summed E-state index contributed by atoms with van der Waals surface area (Å²) < 4.78 is 28.8. The number of anilines is 1. The van der Waals surface area contributed by atoms with Crippen LogP contribution in [0.15, 0.2) is 36.8 Å². The van der Waals surface area contributed by atoms with Gasteiger partial charge in [0.05, 0.1) is 16.8 Å². The number of aromatic amines is 1.